The Morgan fingerprint density at radius 1 is 1.21 bits per heavy atom. The zero-order valence-electron chi connectivity index (χ0n) is 8.56. The molecule has 0 spiro atoms. The summed E-state index contributed by atoms with van der Waals surface area (Å²) in [5.41, 5.74) is -0.249. The Balaban J connectivity index is 4.81. The maximum atomic E-state index is 11.6. The first kappa shape index (κ1) is 12.4. The molecule has 6 heteroatoms. The molecule has 0 saturated heterocycles. The van der Waals surface area contributed by atoms with E-state index < -0.39 is 5.91 Å². The number of rotatable bonds is 4. The zero-order chi connectivity index (χ0) is 11.1. The Morgan fingerprint density at radius 3 is 2.00 bits per heavy atom. The molecule has 0 aromatic heterocycles. The number of hydrogen-bond acceptors (Lipinski definition) is 5. The van der Waals surface area contributed by atoms with Crippen LogP contribution in [0.5, 0.6) is 0 Å². The predicted molar refractivity (Wildman–Crippen MR) is 52.0 cm³/mol. The van der Waals surface area contributed by atoms with Gasteiger partial charge in [-0.15, -0.1) is 0 Å². The van der Waals surface area contributed by atoms with E-state index in [0.29, 0.717) is 13.1 Å². The van der Waals surface area contributed by atoms with Crippen LogP contribution in [0.15, 0.2) is 10.3 Å². The van der Waals surface area contributed by atoms with Crippen LogP contribution < -0.4 is 0 Å². The highest BCUT2D eigenvalue weighted by molar-refractivity contribution is 6.66. The minimum atomic E-state index is -0.451. The zero-order valence-corrected chi connectivity index (χ0v) is 8.56. The number of nitrogens with zero attached hydrogens (tertiary/aromatic N) is 3. The molecule has 0 fully saturated rings. The van der Waals surface area contributed by atoms with E-state index in [1.807, 2.05) is 13.8 Å². The fraction of sp³-hybridized carbons (Fsp3) is 0.625. The van der Waals surface area contributed by atoms with E-state index in [9.17, 15) is 4.79 Å². The Hall–Kier alpha value is -1.59. The summed E-state index contributed by atoms with van der Waals surface area (Å²) in [5.74, 6) is -0.451. The minimum absolute atomic E-state index is 0.00981. The molecule has 0 radical (unpaired) electrons. The lowest BCUT2D eigenvalue weighted by Crippen LogP contribution is -2.39. The van der Waals surface area contributed by atoms with Crippen molar-refractivity contribution in [1.82, 2.24) is 4.90 Å². The number of amides is 1. The van der Waals surface area contributed by atoms with Crippen LogP contribution in [0.2, 0.25) is 0 Å². The van der Waals surface area contributed by atoms with Gasteiger partial charge in [-0.1, -0.05) is 10.3 Å². The average Bonchev–Trinajstić information content (AvgIpc) is 2.20. The van der Waals surface area contributed by atoms with Gasteiger partial charge in [-0.25, -0.2) is 0 Å². The normalized spacial score (nSPS) is 12.8. The van der Waals surface area contributed by atoms with Crippen molar-refractivity contribution in [3.63, 3.8) is 0 Å². The van der Waals surface area contributed by atoms with Gasteiger partial charge in [0, 0.05) is 13.1 Å². The van der Waals surface area contributed by atoms with Crippen LogP contribution in [0.4, 0.5) is 0 Å². The highest BCUT2D eigenvalue weighted by Gasteiger charge is 2.20. The summed E-state index contributed by atoms with van der Waals surface area (Å²) in [5, 5.41) is 22.6. The molecule has 0 bridgehead atoms. The Labute approximate surface area is 82.5 Å². The molecule has 0 rings (SSSR count). The summed E-state index contributed by atoms with van der Waals surface area (Å²) in [4.78, 5) is 13.0. The van der Waals surface area contributed by atoms with Gasteiger partial charge >= 0.3 is 0 Å². The van der Waals surface area contributed by atoms with E-state index in [1.165, 1.54) is 11.8 Å². The van der Waals surface area contributed by atoms with E-state index in [2.05, 4.69) is 10.3 Å². The van der Waals surface area contributed by atoms with Crippen molar-refractivity contribution in [2.75, 3.05) is 13.1 Å². The molecule has 0 atom stereocenters. The van der Waals surface area contributed by atoms with Gasteiger partial charge in [-0.2, -0.15) is 0 Å². The number of carbonyl (C=O) groups is 1. The molecule has 0 aromatic rings. The molecule has 14 heavy (non-hydrogen) atoms. The van der Waals surface area contributed by atoms with Crippen LogP contribution in [0.25, 0.3) is 0 Å². The van der Waals surface area contributed by atoms with Crippen LogP contribution in [-0.2, 0) is 4.79 Å². The first-order valence-corrected chi connectivity index (χ1v) is 4.32. The fourth-order valence-electron chi connectivity index (χ4n) is 0.978. The van der Waals surface area contributed by atoms with Gasteiger partial charge in [0.15, 0.2) is 5.71 Å². The van der Waals surface area contributed by atoms with Gasteiger partial charge in [0.25, 0.3) is 5.91 Å². The maximum absolute atomic E-state index is 11.6. The molecular formula is C8H15N3O3. The SMILES string of the molecule is CCN(CC)C(=O)C(=NO)C(C)=NO. The van der Waals surface area contributed by atoms with E-state index in [1.54, 1.807) is 0 Å². The van der Waals surface area contributed by atoms with Crippen molar-refractivity contribution in [3.8, 4) is 0 Å². The highest BCUT2D eigenvalue weighted by atomic mass is 16.4. The molecule has 2 N–H and O–H groups in total. The van der Waals surface area contributed by atoms with Crippen molar-refractivity contribution < 1.29 is 15.2 Å². The second-order valence-corrected chi connectivity index (χ2v) is 2.61. The molecule has 1 amide bonds. The summed E-state index contributed by atoms with van der Waals surface area (Å²) in [6, 6.07) is 0. The van der Waals surface area contributed by atoms with Gasteiger partial charge in [0.1, 0.15) is 5.71 Å². The van der Waals surface area contributed by atoms with Crippen molar-refractivity contribution in [3.05, 3.63) is 0 Å². The van der Waals surface area contributed by atoms with E-state index in [4.69, 9.17) is 10.4 Å². The molecule has 6 nitrogen and oxygen atoms in total. The molecule has 0 saturated carbocycles. The quantitative estimate of drug-likeness (QED) is 0.395. The number of hydrogen-bond donors (Lipinski definition) is 2. The van der Waals surface area contributed by atoms with Gasteiger partial charge in [0.2, 0.25) is 0 Å². The Morgan fingerprint density at radius 2 is 1.71 bits per heavy atom. The third-order valence-electron chi connectivity index (χ3n) is 1.85. The summed E-state index contributed by atoms with van der Waals surface area (Å²) in [7, 11) is 0. The molecular weight excluding hydrogens is 186 g/mol. The van der Waals surface area contributed by atoms with Crippen LogP contribution >= 0.6 is 0 Å². The fourth-order valence-corrected chi connectivity index (χ4v) is 0.978. The largest absolute Gasteiger partial charge is 0.411 e. The summed E-state index contributed by atoms with van der Waals surface area (Å²) in [6.07, 6.45) is 0. The van der Waals surface area contributed by atoms with Crippen LogP contribution in [0, 0.1) is 0 Å². The topological polar surface area (TPSA) is 85.5 Å². The van der Waals surface area contributed by atoms with Crippen LogP contribution in [0.3, 0.4) is 0 Å². The van der Waals surface area contributed by atoms with Gasteiger partial charge in [-0.05, 0) is 20.8 Å². The van der Waals surface area contributed by atoms with Crippen molar-refractivity contribution in [2.24, 2.45) is 10.3 Å². The molecule has 0 heterocycles. The molecule has 0 aliphatic heterocycles. The smallest absolute Gasteiger partial charge is 0.277 e. The standard InChI is InChI=1S/C8H15N3O3/c1-4-11(5-2)8(12)7(10-14)6(3)9-13/h13-14H,4-5H2,1-3H3. The average molecular weight is 201 g/mol. The maximum Gasteiger partial charge on any atom is 0.277 e. The number of oxime groups is 2. The van der Waals surface area contributed by atoms with Crippen molar-refractivity contribution in [2.45, 2.75) is 20.8 Å². The van der Waals surface area contributed by atoms with E-state index >= 15 is 0 Å². The second kappa shape index (κ2) is 5.95. The van der Waals surface area contributed by atoms with Crippen LogP contribution in [0.1, 0.15) is 20.8 Å². The second-order valence-electron chi connectivity index (χ2n) is 2.61. The van der Waals surface area contributed by atoms with Gasteiger partial charge in [-0.3, -0.25) is 4.79 Å². The predicted octanol–water partition coefficient (Wildman–Crippen LogP) is 0.535. The Bertz CT molecular complexity index is 257. The number of carbonyl (C=O) groups excluding carboxylic acids is 1. The van der Waals surface area contributed by atoms with Gasteiger partial charge in [0.05, 0.1) is 0 Å². The summed E-state index contributed by atoms with van der Waals surface area (Å²) >= 11 is 0. The monoisotopic (exact) mass is 201 g/mol. The molecule has 0 aliphatic rings. The first-order valence-electron chi connectivity index (χ1n) is 4.32. The molecule has 0 unspecified atom stereocenters. The first-order chi connectivity index (χ1) is 6.62. The van der Waals surface area contributed by atoms with E-state index in [-0.39, 0.29) is 11.4 Å². The Kier molecular flexibility index (Phi) is 5.28. The molecule has 0 aliphatic carbocycles. The minimum Gasteiger partial charge on any atom is -0.411 e. The van der Waals surface area contributed by atoms with Crippen molar-refractivity contribution >= 4 is 17.3 Å². The lowest BCUT2D eigenvalue weighted by molar-refractivity contribution is -0.123. The third-order valence-corrected chi connectivity index (χ3v) is 1.85. The highest BCUT2D eigenvalue weighted by Crippen LogP contribution is 1.94. The third kappa shape index (κ3) is 2.72. The lowest BCUT2D eigenvalue weighted by Gasteiger charge is -2.18. The van der Waals surface area contributed by atoms with Crippen molar-refractivity contribution in [1.29, 1.82) is 0 Å². The molecule has 0 aromatic carbocycles. The van der Waals surface area contributed by atoms with E-state index in [0.717, 1.165) is 0 Å². The summed E-state index contributed by atoms with van der Waals surface area (Å²) in [6.45, 7) is 6.01. The van der Waals surface area contributed by atoms with Gasteiger partial charge < -0.3 is 15.3 Å². The summed E-state index contributed by atoms with van der Waals surface area (Å²) < 4.78 is 0. The molecule has 80 valence electrons. The lowest BCUT2D eigenvalue weighted by atomic mass is 10.2. The van der Waals surface area contributed by atoms with Crippen LogP contribution in [-0.4, -0.2) is 45.7 Å².